The molecule has 6 heteroatoms. The maximum absolute atomic E-state index is 12.4. The van der Waals surface area contributed by atoms with E-state index in [9.17, 15) is 9.59 Å². The van der Waals surface area contributed by atoms with E-state index < -0.39 is 0 Å². The molecule has 0 fully saturated rings. The molecule has 2 aliphatic heterocycles. The van der Waals surface area contributed by atoms with Crippen molar-refractivity contribution in [2.24, 2.45) is 9.98 Å². The van der Waals surface area contributed by atoms with Gasteiger partial charge in [-0.15, -0.1) is 0 Å². The number of benzene rings is 3. The third kappa shape index (κ3) is 2.91. The number of nitrogens with zero attached hydrogens (tertiary/aromatic N) is 2. The summed E-state index contributed by atoms with van der Waals surface area (Å²) in [6.45, 7) is 1.92. The lowest BCUT2D eigenvalue weighted by molar-refractivity contribution is -0.110. The zero-order chi connectivity index (χ0) is 20.0. The van der Waals surface area contributed by atoms with Crippen LogP contribution in [0.3, 0.4) is 0 Å². The van der Waals surface area contributed by atoms with Gasteiger partial charge in [-0.05, 0) is 36.8 Å². The fourth-order valence-corrected chi connectivity index (χ4v) is 3.46. The molecule has 0 spiro atoms. The maximum Gasteiger partial charge on any atom is 0.275 e. The summed E-state index contributed by atoms with van der Waals surface area (Å²) in [5.74, 6) is -0.463. The van der Waals surface area contributed by atoms with Gasteiger partial charge in [0.25, 0.3) is 11.8 Å². The lowest BCUT2D eigenvalue weighted by atomic mass is 10.1. The van der Waals surface area contributed by atoms with Gasteiger partial charge >= 0.3 is 0 Å². The quantitative estimate of drug-likeness (QED) is 0.700. The van der Waals surface area contributed by atoms with E-state index in [2.05, 4.69) is 20.6 Å². The largest absolute Gasteiger partial charge is 0.320 e. The summed E-state index contributed by atoms with van der Waals surface area (Å²) in [5, 5.41) is 5.65. The van der Waals surface area contributed by atoms with Crippen LogP contribution in [0.5, 0.6) is 0 Å². The zero-order valence-corrected chi connectivity index (χ0v) is 15.6. The number of amides is 2. The number of rotatable bonds is 2. The number of carbonyl (C=O) groups excluding carboxylic acids is 2. The van der Waals surface area contributed by atoms with Crippen LogP contribution in [0.2, 0.25) is 0 Å². The Kier molecular flexibility index (Phi) is 3.84. The minimum Gasteiger partial charge on any atom is -0.320 e. The molecule has 2 amide bonds. The third-order valence-electron chi connectivity index (χ3n) is 4.96. The van der Waals surface area contributed by atoms with Gasteiger partial charge in [0.15, 0.2) is 0 Å². The monoisotopic (exact) mass is 380 g/mol. The average Bonchev–Trinajstić information content (AvgIpc) is 3.21. The summed E-state index contributed by atoms with van der Waals surface area (Å²) >= 11 is 0. The molecular formula is C23H16N4O2. The van der Waals surface area contributed by atoms with E-state index in [1.54, 1.807) is 6.07 Å². The molecule has 0 aliphatic carbocycles. The highest BCUT2D eigenvalue weighted by Gasteiger charge is 2.26. The number of aryl methyl sites for hydroxylation is 1. The molecule has 2 N–H and O–H groups in total. The van der Waals surface area contributed by atoms with E-state index in [1.807, 2.05) is 67.6 Å². The first-order chi connectivity index (χ1) is 14.1. The molecular weight excluding hydrogens is 364 g/mol. The molecule has 0 saturated heterocycles. The van der Waals surface area contributed by atoms with Crippen molar-refractivity contribution in [2.75, 3.05) is 10.6 Å². The van der Waals surface area contributed by atoms with Crippen molar-refractivity contribution < 1.29 is 9.59 Å². The first-order valence-corrected chi connectivity index (χ1v) is 9.20. The number of nitrogens with one attached hydrogen (secondary N) is 2. The number of hydrogen-bond donors (Lipinski definition) is 2. The summed E-state index contributed by atoms with van der Waals surface area (Å²) < 4.78 is 0. The Balaban J connectivity index is 1.58. The fourth-order valence-electron chi connectivity index (χ4n) is 3.46. The van der Waals surface area contributed by atoms with Crippen molar-refractivity contribution in [3.05, 3.63) is 83.4 Å². The Morgan fingerprint density at radius 3 is 1.86 bits per heavy atom. The minimum atomic E-state index is -0.233. The van der Waals surface area contributed by atoms with Crippen molar-refractivity contribution in [3.8, 4) is 0 Å². The summed E-state index contributed by atoms with van der Waals surface area (Å²) in [4.78, 5) is 33.9. The molecule has 29 heavy (non-hydrogen) atoms. The van der Waals surface area contributed by atoms with Crippen molar-refractivity contribution in [1.82, 2.24) is 0 Å². The van der Waals surface area contributed by atoms with Gasteiger partial charge in [0, 0.05) is 11.1 Å². The van der Waals surface area contributed by atoms with Crippen LogP contribution in [0.4, 0.5) is 22.7 Å². The molecule has 140 valence electrons. The molecule has 2 heterocycles. The predicted molar refractivity (Wildman–Crippen MR) is 114 cm³/mol. The molecule has 0 radical (unpaired) electrons. The number of anilines is 2. The van der Waals surface area contributed by atoms with E-state index >= 15 is 0 Å². The van der Waals surface area contributed by atoms with Gasteiger partial charge in [0.05, 0.1) is 22.7 Å². The molecule has 0 aromatic heterocycles. The Morgan fingerprint density at radius 2 is 1.24 bits per heavy atom. The van der Waals surface area contributed by atoms with Crippen molar-refractivity contribution in [1.29, 1.82) is 0 Å². The molecule has 5 rings (SSSR count). The van der Waals surface area contributed by atoms with Crippen LogP contribution in [-0.2, 0) is 9.59 Å². The van der Waals surface area contributed by atoms with Crippen LogP contribution >= 0.6 is 0 Å². The maximum atomic E-state index is 12.4. The van der Waals surface area contributed by atoms with Crippen LogP contribution in [0, 0.1) is 6.92 Å². The number of fused-ring (bicyclic) bond motifs is 2. The first kappa shape index (κ1) is 17.1. The van der Waals surface area contributed by atoms with E-state index in [0.29, 0.717) is 22.8 Å². The Labute approximate surface area is 167 Å². The highest BCUT2D eigenvalue weighted by molar-refractivity contribution is 6.54. The van der Waals surface area contributed by atoms with Crippen LogP contribution in [0.15, 0.2) is 76.7 Å². The molecule has 3 aromatic rings. The Morgan fingerprint density at radius 1 is 0.690 bits per heavy atom. The van der Waals surface area contributed by atoms with Crippen LogP contribution in [0.25, 0.3) is 0 Å². The van der Waals surface area contributed by atoms with Gasteiger partial charge in [0.1, 0.15) is 11.4 Å². The van der Waals surface area contributed by atoms with E-state index in [1.165, 1.54) is 0 Å². The highest BCUT2D eigenvalue weighted by Crippen LogP contribution is 2.31. The Bertz CT molecular complexity index is 1260. The topological polar surface area (TPSA) is 82.9 Å². The van der Waals surface area contributed by atoms with Gasteiger partial charge in [-0.25, -0.2) is 9.98 Å². The number of aliphatic imine (C=N–C) groups is 2. The normalized spacial score (nSPS) is 17.3. The lowest BCUT2D eigenvalue weighted by Crippen LogP contribution is -2.14. The van der Waals surface area contributed by atoms with Crippen molar-refractivity contribution in [2.45, 2.75) is 6.92 Å². The smallest absolute Gasteiger partial charge is 0.275 e. The zero-order valence-electron chi connectivity index (χ0n) is 15.6. The molecule has 0 bridgehead atoms. The molecule has 6 nitrogen and oxygen atoms in total. The third-order valence-corrected chi connectivity index (χ3v) is 4.96. The van der Waals surface area contributed by atoms with Crippen molar-refractivity contribution >= 4 is 46.0 Å². The van der Waals surface area contributed by atoms with Crippen LogP contribution in [0.1, 0.15) is 16.7 Å². The predicted octanol–water partition coefficient (Wildman–Crippen LogP) is 4.14. The van der Waals surface area contributed by atoms with Gasteiger partial charge < -0.3 is 10.6 Å². The first-order valence-electron chi connectivity index (χ1n) is 9.20. The molecule has 0 unspecified atom stereocenters. The van der Waals surface area contributed by atoms with Gasteiger partial charge in [-0.3, -0.25) is 9.59 Å². The Hall–Kier alpha value is -4.06. The average molecular weight is 380 g/mol. The van der Waals surface area contributed by atoms with E-state index in [0.717, 1.165) is 28.1 Å². The van der Waals surface area contributed by atoms with E-state index in [4.69, 9.17) is 0 Å². The fraction of sp³-hybridized carbons (Fsp3) is 0.0435. The van der Waals surface area contributed by atoms with Gasteiger partial charge in [-0.1, -0.05) is 42.5 Å². The second-order valence-electron chi connectivity index (χ2n) is 6.89. The molecule has 2 aliphatic rings. The lowest BCUT2D eigenvalue weighted by Gasteiger charge is -2.04. The minimum absolute atomic E-state index is 0.230. The molecule has 0 saturated carbocycles. The summed E-state index contributed by atoms with van der Waals surface area (Å²) in [6, 6.07) is 20.4. The number of hydrogen-bond acceptors (Lipinski definition) is 4. The van der Waals surface area contributed by atoms with Crippen LogP contribution in [-0.4, -0.2) is 23.2 Å². The number of carbonyl (C=O) groups is 2. The molecule has 3 aromatic carbocycles. The standard InChI is InChI=1S/C23H16N4O2/c1-13-10-11-14(24-20-15-6-2-4-8-17(15)26-22(20)28)12-19(13)25-21-16-7-3-5-9-18(16)27-23(21)29/h2-12H,1H3,(H,24,26,28)(H,25,27,29). The second kappa shape index (κ2) is 6.53. The summed E-state index contributed by atoms with van der Waals surface area (Å²) in [6.07, 6.45) is 0. The van der Waals surface area contributed by atoms with Crippen LogP contribution < -0.4 is 10.6 Å². The van der Waals surface area contributed by atoms with E-state index in [-0.39, 0.29) is 11.8 Å². The van der Waals surface area contributed by atoms with Crippen molar-refractivity contribution in [3.63, 3.8) is 0 Å². The highest BCUT2D eigenvalue weighted by atomic mass is 16.2. The summed E-state index contributed by atoms with van der Waals surface area (Å²) in [7, 11) is 0. The van der Waals surface area contributed by atoms with Gasteiger partial charge in [-0.2, -0.15) is 0 Å². The summed E-state index contributed by atoms with van der Waals surface area (Å²) in [5.41, 5.74) is 5.95. The second-order valence-corrected chi connectivity index (χ2v) is 6.89. The SMILES string of the molecule is Cc1ccc(N=C2C(=O)Nc3ccccc32)cc1N=C1C(=O)Nc2ccccc21. The van der Waals surface area contributed by atoms with Gasteiger partial charge in [0.2, 0.25) is 0 Å². The molecule has 0 atom stereocenters. The number of para-hydroxylation sites is 2.